The average Bonchev–Trinajstić information content (AvgIpc) is 2.99. The van der Waals surface area contributed by atoms with Crippen LogP contribution in [0.25, 0.3) is 0 Å². The number of hydrogen-bond acceptors (Lipinski definition) is 3. The van der Waals surface area contributed by atoms with Crippen LogP contribution in [0.2, 0.25) is 0 Å². The van der Waals surface area contributed by atoms with Crippen LogP contribution in [-0.4, -0.2) is 27.6 Å². The second-order valence-electron chi connectivity index (χ2n) is 7.12. The van der Waals surface area contributed by atoms with Crippen LogP contribution in [0.3, 0.4) is 0 Å². The lowest BCUT2D eigenvalue weighted by atomic mass is 9.78. The minimum absolute atomic E-state index is 0.160. The number of hydrogen-bond donors (Lipinski definition) is 2. The Morgan fingerprint density at radius 3 is 2.73 bits per heavy atom. The molecule has 0 amide bonds. The first kappa shape index (κ1) is 22.2. The fourth-order valence-corrected chi connectivity index (χ4v) is 3.63. The van der Waals surface area contributed by atoms with Gasteiger partial charge in [0.1, 0.15) is 5.60 Å². The zero-order valence-corrected chi connectivity index (χ0v) is 15.8. The number of rotatable bonds is 12. The Morgan fingerprint density at radius 1 is 1.31 bits per heavy atom. The molecule has 3 atom stereocenters. The molecular formula is C22H32O4. The van der Waals surface area contributed by atoms with Crippen molar-refractivity contribution in [1.29, 1.82) is 0 Å². The van der Waals surface area contributed by atoms with Gasteiger partial charge in [0.2, 0.25) is 0 Å². The second kappa shape index (κ2) is 11.7. The highest BCUT2D eigenvalue weighted by molar-refractivity contribution is 5.89. The molecule has 0 aromatic rings. The van der Waals surface area contributed by atoms with Crippen molar-refractivity contribution < 1.29 is 19.8 Å². The van der Waals surface area contributed by atoms with Gasteiger partial charge in [0.15, 0.2) is 5.78 Å². The summed E-state index contributed by atoms with van der Waals surface area (Å²) in [6.07, 6.45) is 20.2. The lowest BCUT2D eigenvalue weighted by Crippen LogP contribution is -2.39. The van der Waals surface area contributed by atoms with Crippen molar-refractivity contribution in [2.75, 3.05) is 0 Å². The Labute approximate surface area is 157 Å². The summed E-state index contributed by atoms with van der Waals surface area (Å²) in [5, 5.41) is 19.9. The van der Waals surface area contributed by atoms with E-state index in [-0.39, 0.29) is 11.7 Å². The molecule has 0 spiro atoms. The number of carbonyl (C=O) groups is 2. The Balaban J connectivity index is 2.37. The molecule has 0 saturated heterocycles. The van der Waals surface area contributed by atoms with Gasteiger partial charge in [-0.05, 0) is 51.0 Å². The van der Waals surface area contributed by atoms with Crippen LogP contribution in [0, 0.1) is 24.2 Å². The van der Waals surface area contributed by atoms with Gasteiger partial charge in [-0.25, -0.2) is 0 Å². The summed E-state index contributed by atoms with van der Waals surface area (Å²) in [5.74, 6) is 0.672. The van der Waals surface area contributed by atoms with Crippen molar-refractivity contribution >= 4 is 11.8 Å². The van der Waals surface area contributed by atoms with Crippen molar-refractivity contribution in [3.05, 3.63) is 24.3 Å². The van der Waals surface area contributed by atoms with Gasteiger partial charge in [0, 0.05) is 12.3 Å². The van der Waals surface area contributed by atoms with E-state index >= 15 is 0 Å². The first-order valence-electron chi connectivity index (χ1n) is 9.72. The lowest BCUT2D eigenvalue weighted by molar-refractivity contribution is -0.146. The zero-order chi connectivity index (χ0) is 19.4. The minimum atomic E-state index is -1.28. The van der Waals surface area contributed by atoms with Gasteiger partial charge in [-0.2, -0.15) is 0 Å². The van der Waals surface area contributed by atoms with Crippen LogP contribution < -0.4 is 0 Å². The molecular weight excluding hydrogens is 328 g/mol. The maximum Gasteiger partial charge on any atom is 0.306 e. The van der Waals surface area contributed by atoms with Gasteiger partial charge in [0.05, 0.1) is 5.92 Å². The summed E-state index contributed by atoms with van der Waals surface area (Å²) in [5.41, 5.74) is -1.28. The minimum Gasteiger partial charge on any atom is -0.481 e. The number of ketones is 1. The summed E-state index contributed by atoms with van der Waals surface area (Å²) in [4.78, 5) is 23.2. The maximum atomic E-state index is 11.6. The zero-order valence-electron chi connectivity index (χ0n) is 15.8. The van der Waals surface area contributed by atoms with E-state index < -0.39 is 17.5 Å². The molecule has 1 aliphatic carbocycles. The number of unbranched alkanes of at least 4 members (excludes halogenated alkanes) is 2. The third kappa shape index (κ3) is 7.17. The summed E-state index contributed by atoms with van der Waals surface area (Å²) in [6.45, 7) is 2.11. The van der Waals surface area contributed by atoms with Crippen molar-refractivity contribution in [3.63, 3.8) is 0 Å². The molecule has 0 unspecified atom stereocenters. The van der Waals surface area contributed by atoms with Crippen molar-refractivity contribution in [1.82, 2.24) is 0 Å². The van der Waals surface area contributed by atoms with Gasteiger partial charge >= 0.3 is 5.97 Å². The molecule has 26 heavy (non-hydrogen) atoms. The number of aliphatic hydroxyl groups is 1. The van der Waals surface area contributed by atoms with E-state index in [0.717, 1.165) is 25.7 Å². The number of aliphatic carboxylic acids is 1. The maximum absolute atomic E-state index is 11.6. The Bertz CT molecular complexity index is 555. The van der Waals surface area contributed by atoms with Crippen LogP contribution in [-0.2, 0) is 9.59 Å². The molecule has 0 bridgehead atoms. The third-order valence-electron chi connectivity index (χ3n) is 5.15. The van der Waals surface area contributed by atoms with Gasteiger partial charge in [-0.1, -0.05) is 43.9 Å². The predicted molar refractivity (Wildman–Crippen MR) is 104 cm³/mol. The standard InChI is InChI=1S/C22H32O4/c1-3-5-9-13-18(23)14-10-7-6-8-11-15-19(21(24)25)20-16-12-17-22(20,26)4-2/h2,6,8,10,14,19-20,26H,3,5,7,9,11-13,15-17H2,1H3,(H,24,25)/t19-,20+,22-/m0/s1. The molecule has 2 N–H and O–H groups in total. The predicted octanol–water partition coefficient (Wildman–Crippen LogP) is 4.28. The van der Waals surface area contributed by atoms with E-state index in [1.54, 1.807) is 6.08 Å². The fourth-order valence-electron chi connectivity index (χ4n) is 3.63. The molecule has 1 aliphatic rings. The van der Waals surface area contributed by atoms with Crippen LogP contribution >= 0.6 is 0 Å². The van der Waals surface area contributed by atoms with E-state index in [0.29, 0.717) is 38.5 Å². The van der Waals surface area contributed by atoms with Crippen LogP contribution in [0.15, 0.2) is 24.3 Å². The highest BCUT2D eigenvalue weighted by Crippen LogP contribution is 2.41. The molecule has 0 radical (unpaired) electrons. The molecule has 4 nitrogen and oxygen atoms in total. The van der Waals surface area contributed by atoms with Crippen molar-refractivity contribution in [2.24, 2.45) is 11.8 Å². The monoisotopic (exact) mass is 360 g/mol. The molecule has 1 saturated carbocycles. The van der Waals surface area contributed by atoms with Gasteiger partial charge < -0.3 is 10.2 Å². The average molecular weight is 360 g/mol. The summed E-state index contributed by atoms with van der Waals surface area (Å²) in [6, 6.07) is 0. The first-order valence-corrected chi connectivity index (χ1v) is 9.72. The fraction of sp³-hybridized carbons (Fsp3) is 0.636. The topological polar surface area (TPSA) is 74.6 Å². The number of carboxylic acids is 1. The molecule has 1 rings (SSSR count). The molecule has 144 valence electrons. The number of terminal acetylenes is 1. The molecule has 0 aromatic heterocycles. The Morgan fingerprint density at radius 2 is 2.08 bits per heavy atom. The summed E-state index contributed by atoms with van der Waals surface area (Å²) in [7, 11) is 0. The first-order chi connectivity index (χ1) is 12.4. The van der Waals surface area contributed by atoms with Gasteiger partial charge in [0.25, 0.3) is 0 Å². The van der Waals surface area contributed by atoms with Gasteiger partial charge in [-0.15, -0.1) is 6.42 Å². The van der Waals surface area contributed by atoms with Gasteiger partial charge in [-0.3, -0.25) is 9.59 Å². The van der Waals surface area contributed by atoms with E-state index in [9.17, 15) is 19.8 Å². The molecule has 0 heterocycles. The SMILES string of the molecule is C#C[C@]1(O)CCC[C@@H]1[C@H](CCC=CCC=CC(=O)CCCCC)C(=O)O. The number of carboxylic acid groups (broad SMARTS) is 1. The summed E-state index contributed by atoms with van der Waals surface area (Å²) < 4.78 is 0. The number of allylic oxidation sites excluding steroid dienone is 4. The summed E-state index contributed by atoms with van der Waals surface area (Å²) >= 11 is 0. The highest BCUT2D eigenvalue weighted by Gasteiger charge is 2.46. The van der Waals surface area contributed by atoms with Crippen LogP contribution in [0.4, 0.5) is 0 Å². The normalized spacial score (nSPS) is 24.1. The Hall–Kier alpha value is -1.86. The van der Waals surface area contributed by atoms with Crippen LogP contribution in [0.1, 0.15) is 71.1 Å². The Kier molecular flexibility index (Phi) is 9.98. The lowest BCUT2D eigenvalue weighted by Gasteiger charge is -2.29. The third-order valence-corrected chi connectivity index (χ3v) is 5.15. The molecule has 1 fully saturated rings. The van der Waals surface area contributed by atoms with E-state index in [1.165, 1.54) is 0 Å². The molecule has 0 aromatic carbocycles. The number of carbonyl (C=O) groups excluding carboxylic acids is 1. The molecule has 0 aliphatic heterocycles. The highest BCUT2D eigenvalue weighted by atomic mass is 16.4. The van der Waals surface area contributed by atoms with E-state index in [4.69, 9.17) is 6.42 Å². The quantitative estimate of drug-likeness (QED) is 0.236. The van der Waals surface area contributed by atoms with Crippen LogP contribution in [0.5, 0.6) is 0 Å². The van der Waals surface area contributed by atoms with Crippen molar-refractivity contribution in [2.45, 2.75) is 76.7 Å². The largest absolute Gasteiger partial charge is 0.481 e. The molecule has 4 heteroatoms. The second-order valence-corrected chi connectivity index (χ2v) is 7.12. The van der Waals surface area contributed by atoms with Crippen molar-refractivity contribution in [3.8, 4) is 12.3 Å². The van der Waals surface area contributed by atoms with E-state index in [1.807, 2.05) is 18.2 Å². The smallest absolute Gasteiger partial charge is 0.306 e. The van der Waals surface area contributed by atoms with E-state index in [2.05, 4.69) is 12.8 Å².